The Balaban J connectivity index is 2.14. The minimum Gasteiger partial charge on any atom is -0.467 e. The Labute approximate surface area is 71.4 Å². The molecule has 0 bridgehead atoms. The molecule has 0 saturated carbocycles. The average molecular weight is 161 g/mol. The summed E-state index contributed by atoms with van der Waals surface area (Å²) < 4.78 is 7.33. The molecule has 12 heavy (non-hydrogen) atoms. The third-order valence-electron chi connectivity index (χ3n) is 1.82. The van der Waals surface area contributed by atoms with Crippen LogP contribution >= 0.6 is 0 Å². The fraction of sp³-hybridized carbons (Fsp3) is 0.200. The Morgan fingerprint density at radius 1 is 1.42 bits per heavy atom. The van der Waals surface area contributed by atoms with E-state index in [9.17, 15) is 0 Å². The highest BCUT2D eigenvalue weighted by Gasteiger charge is 1.96. The molecule has 0 spiro atoms. The molecule has 0 fully saturated rings. The zero-order chi connectivity index (χ0) is 8.39. The van der Waals surface area contributed by atoms with Gasteiger partial charge in [-0.15, -0.1) is 0 Å². The number of furan rings is 1. The second-order valence-corrected chi connectivity index (χ2v) is 2.94. The van der Waals surface area contributed by atoms with Crippen LogP contribution in [-0.2, 0) is 6.54 Å². The van der Waals surface area contributed by atoms with Crippen LogP contribution in [0.15, 0.2) is 41.3 Å². The lowest BCUT2D eigenvalue weighted by Gasteiger charge is -1.97. The van der Waals surface area contributed by atoms with Gasteiger partial charge in [0.1, 0.15) is 5.76 Å². The molecular formula is C10H11NO. The summed E-state index contributed by atoms with van der Waals surface area (Å²) in [5.74, 6) is 0.991. The van der Waals surface area contributed by atoms with Gasteiger partial charge in [0.25, 0.3) is 0 Å². The Kier molecular flexibility index (Phi) is 1.74. The van der Waals surface area contributed by atoms with Crippen molar-refractivity contribution in [3.8, 4) is 0 Å². The summed E-state index contributed by atoms with van der Waals surface area (Å²) in [5, 5.41) is 0. The summed E-state index contributed by atoms with van der Waals surface area (Å²) in [7, 11) is 0. The number of nitrogens with zero attached hydrogens (tertiary/aromatic N) is 1. The van der Waals surface area contributed by atoms with E-state index in [-0.39, 0.29) is 0 Å². The van der Waals surface area contributed by atoms with Crippen LogP contribution in [0.1, 0.15) is 11.3 Å². The molecule has 0 unspecified atom stereocenters. The fourth-order valence-electron chi connectivity index (χ4n) is 1.24. The first-order valence-corrected chi connectivity index (χ1v) is 3.99. The van der Waals surface area contributed by atoms with Gasteiger partial charge >= 0.3 is 0 Å². The van der Waals surface area contributed by atoms with E-state index in [2.05, 4.69) is 30.0 Å². The minimum atomic E-state index is 0.820. The number of rotatable bonds is 2. The normalized spacial score (nSPS) is 10.4. The van der Waals surface area contributed by atoms with E-state index >= 15 is 0 Å². The maximum Gasteiger partial charge on any atom is 0.123 e. The SMILES string of the molecule is Cc1ccn(Cc2ccco2)c1. The lowest BCUT2D eigenvalue weighted by molar-refractivity contribution is 0.494. The summed E-state index contributed by atoms with van der Waals surface area (Å²) in [5.41, 5.74) is 1.28. The fourth-order valence-corrected chi connectivity index (χ4v) is 1.24. The zero-order valence-electron chi connectivity index (χ0n) is 7.03. The summed E-state index contributed by atoms with van der Waals surface area (Å²) in [6, 6.07) is 5.98. The standard InChI is InChI=1S/C10H11NO/c1-9-4-5-11(7-9)8-10-3-2-6-12-10/h2-7H,8H2,1H3. The number of hydrogen-bond acceptors (Lipinski definition) is 1. The Morgan fingerprint density at radius 3 is 2.92 bits per heavy atom. The second-order valence-electron chi connectivity index (χ2n) is 2.94. The van der Waals surface area contributed by atoms with Gasteiger partial charge in [-0.3, -0.25) is 0 Å². The van der Waals surface area contributed by atoms with Crippen LogP contribution in [0.25, 0.3) is 0 Å². The van der Waals surface area contributed by atoms with Crippen LogP contribution in [0.3, 0.4) is 0 Å². The second kappa shape index (κ2) is 2.89. The first-order chi connectivity index (χ1) is 5.84. The summed E-state index contributed by atoms with van der Waals surface area (Å²) >= 11 is 0. The molecule has 0 N–H and O–H groups in total. The van der Waals surface area contributed by atoms with Crippen molar-refractivity contribution in [1.82, 2.24) is 4.57 Å². The van der Waals surface area contributed by atoms with Crippen LogP contribution in [0, 0.1) is 6.92 Å². The van der Waals surface area contributed by atoms with Crippen molar-refractivity contribution in [1.29, 1.82) is 0 Å². The lowest BCUT2D eigenvalue weighted by atomic mass is 10.4. The first kappa shape index (κ1) is 7.22. The van der Waals surface area contributed by atoms with Crippen molar-refractivity contribution in [2.24, 2.45) is 0 Å². The van der Waals surface area contributed by atoms with Gasteiger partial charge in [0, 0.05) is 12.4 Å². The van der Waals surface area contributed by atoms with Gasteiger partial charge in [0.05, 0.1) is 12.8 Å². The van der Waals surface area contributed by atoms with Crippen LogP contribution in [0.2, 0.25) is 0 Å². The lowest BCUT2D eigenvalue weighted by Crippen LogP contribution is -1.93. The molecule has 2 nitrogen and oxygen atoms in total. The number of aryl methyl sites for hydroxylation is 1. The third-order valence-corrected chi connectivity index (χ3v) is 1.82. The van der Waals surface area contributed by atoms with Gasteiger partial charge < -0.3 is 8.98 Å². The van der Waals surface area contributed by atoms with E-state index in [1.54, 1.807) is 6.26 Å². The highest BCUT2D eigenvalue weighted by Crippen LogP contribution is 2.05. The number of hydrogen-bond donors (Lipinski definition) is 0. The van der Waals surface area contributed by atoms with E-state index in [1.165, 1.54) is 5.56 Å². The van der Waals surface area contributed by atoms with Crippen LogP contribution in [0.5, 0.6) is 0 Å². The minimum absolute atomic E-state index is 0.820. The molecule has 2 heteroatoms. The quantitative estimate of drug-likeness (QED) is 0.661. The maximum atomic E-state index is 5.23. The molecule has 0 aliphatic carbocycles. The van der Waals surface area contributed by atoms with Gasteiger partial charge in [-0.1, -0.05) is 0 Å². The van der Waals surface area contributed by atoms with E-state index in [0.29, 0.717) is 0 Å². The highest BCUT2D eigenvalue weighted by molar-refractivity contribution is 5.09. The molecule has 0 aliphatic rings. The largest absolute Gasteiger partial charge is 0.467 e. The topological polar surface area (TPSA) is 18.1 Å². The average Bonchev–Trinajstić information content (AvgIpc) is 2.63. The predicted octanol–water partition coefficient (Wildman–Crippen LogP) is 2.44. The molecule has 0 atom stereocenters. The molecule has 0 amide bonds. The van der Waals surface area contributed by atoms with E-state index in [4.69, 9.17) is 4.42 Å². The molecule has 0 saturated heterocycles. The van der Waals surface area contributed by atoms with Crippen LogP contribution in [0.4, 0.5) is 0 Å². The third kappa shape index (κ3) is 1.42. The van der Waals surface area contributed by atoms with Crippen molar-refractivity contribution < 1.29 is 4.42 Å². The van der Waals surface area contributed by atoms with Gasteiger partial charge in [0.15, 0.2) is 0 Å². The summed E-state index contributed by atoms with van der Waals surface area (Å²) in [4.78, 5) is 0. The van der Waals surface area contributed by atoms with Gasteiger partial charge in [-0.25, -0.2) is 0 Å². The smallest absolute Gasteiger partial charge is 0.123 e. The Morgan fingerprint density at radius 2 is 2.33 bits per heavy atom. The summed E-state index contributed by atoms with van der Waals surface area (Å²) in [6.45, 7) is 2.90. The summed E-state index contributed by atoms with van der Waals surface area (Å²) in [6.07, 6.45) is 5.85. The highest BCUT2D eigenvalue weighted by atomic mass is 16.3. The van der Waals surface area contributed by atoms with E-state index < -0.39 is 0 Å². The zero-order valence-corrected chi connectivity index (χ0v) is 7.03. The van der Waals surface area contributed by atoms with Gasteiger partial charge in [0.2, 0.25) is 0 Å². The first-order valence-electron chi connectivity index (χ1n) is 3.99. The van der Waals surface area contributed by atoms with Crippen LogP contribution in [-0.4, -0.2) is 4.57 Å². The molecule has 0 aromatic carbocycles. The van der Waals surface area contributed by atoms with Crippen LogP contribution < -0.4 is 0 Å². The molecule has 2 aromatic heterocycles. The van der Waals surface area contributed by atoms with Crippen molar-refractivity contribution in [3.05, 3.63) is 48.2 Å². The maximum absolute atomic E-state index is 5.23. The molecule has 0 radical (unpaired) electrons. The van der Waals surface area contributed by atoms with E-state index in [0.717, 1.165) is 12.3 Å². The van der Waals surface area contributed by atoms with Crippen molar-refractivity contribution in [2.45, 2.75) is 13.5 Å². The van der Waals surface area contributed by atoms with Crippen molar-refractivity contribution in [2.75, 3.05) is 0 Å². The van der Waals surface area contributed by atoms with Crippen molar-refractivity contribution >= 4 is 0 Å². The van der Waals surface area contributed by atoms with Gasteiger partial charge in [-0.05, 0) is 30.7 Å². The molecule has 2 rings (SSSR count). The Hall–Kier alpha value is -1.44. The van der Waals surface area contributed by atoms with Crippen molar-refractivity contribution in [3.63, 3.8) is 0 Å². The van der Waals surface area contributed by atoms with Gasteiger partial charge in [-0.2, -0.15) is 0 Å². The Bertz CT molecular complexity index is 346. The molecule has 62 valence electrons. The molecule has 0 aliphatic heterocycles. The molecule has 2 heterocycles. The monoisotopic (exact) mass is 161 g/mol. The van der Waals surface area contributed by atoms with E-state index in [1.807, 2.05) is 12.1 Å². The molecular weight excluding hydrogens is 150 g/mol. The number of aromatic nitrogens is 1. The molecule has 2 aromatic rings. The predicted molar refractivity (Wildman–Crippen MR) is 47.0 cm³/mol.